The highest BCUT2D eigenvalue weighted by Crippen LogP contribution is 2.19. The van der Waals surface area contributed by atoms with E-state index in [2.05, 4.69) is 91.2 Å². The summed E-state index contributed by atoms with van der Waals surface area (Å²) in [5.41, 5.74) is 2.40. The highest BCUT2D eigenvalue weighted by atomic mass is 15.2. The van der Waals surface area contributed by atoms with Crippen LogP contribution in [0, 0.1) is 11.3 Å². The van der Waals surface area contributed by atoms with Crippen molar-refractivity contribution in [3.8, 4) is 0 Å². The molecule has 0 bridgehead atoms. The number of hydrogen-bond donors (Lipinski definition) is 2. The molecule has 0 spiro atoms. The van der Waals surface area contributed by atoms with Gasteiger partial charge in [-0.2, -0.15) is 0 Å². The van der Waals surface area contributed by atoms with Crippen LogP contribution in [0.25, 0.3) is 12.2 Å². The van der Waals surface area contributed by atoms with Crippen molar-refractivity contribution < 1.29 is 0 Å². The Hall–Kier alpha value is -2.33. The van der Waals surface area contributed by atoms with Gasteiger partial charge >= 0.3 is 0 Å². The van der Waals surface area contributed by atoms with Crippen LogP contribution in [0.15, 0.2) is 47.7 Å². The summed E-state index contributed by atoms with van der Waals surface area (Å²) in [6.07, 6.45) is 18.8. The van der Waals surface area contributed by atoms with Crippen molar-refractivity contribution in [3.63, 3.8) is 0 Å². The maximum atomic E-state index is 8.78. The molecule has 0 aromatic carbocycles. The normalized spacial score (nSPS) is 18.3. The van der Waals surface area contributed by atoms with Gasteiger partial charge in [0.15, 0.2) is 0 Å². The smallest absolute Gasteiger partial charge is 0.127 e. The number of rotatable bonds is 9. The summed E-state index contributed by atoms with van der Waals surface area (Å²) in [5, 5.41) is 14.7. The third-order valence-electron chi connectivity index (χ3n) is 6.15. The molecule has 31 heavy (non-hydrogen) atoms. The predicted octanol–water partition coefficient (Wildman–Crippen LogP) is 4.23. The molecule has 0 amide bonds. The average molecular weight is 423 g/mol. The Balaban J connectivity index is 2.37. The number of amidine groups is 1. The van der Waals surface area contributed by atoms with E-state index in [9.17, 15) is 0 Å². The summed E-state index contributed by atoms with van der Waals surface area (Å²) < 4.78 is 2.35. The van der Waals surface area contributed by atoms with Crippen LogP contribution >= 0.6 is 0 Å². The molecule has 0 aliphatic carbocycles. The summed E-state index contributed by atoms with van der Waals surface area (Å²) in [5.74, 6) is 1.11. The summed E-state index contributed by atoms with van der Waals surface area (Å²) in [4.78, 5) is 2.19. The molecule has 1 aromatic rings. The van der Waals surface area contributed by atoms with E-state index in [1.807, 2.05) is 6.92 Å². The van der Waals surface area contributed by atoms with Crippen LogP contribution in [0.4, 0.5) is 0 Å². The Morgan fingerprint density at radius 1 is 1.23 bits per heavy atom. The van der Waals surface area contributed by atoms with Gasteiger partial charge in [-0.25, -0.2) is 0 Å². The molecule has 1 fully saturated rings. The van der Waals surface area contributed by atoms with Crippen LogP contribution in [-0.4, -0.2) is 41.5 Å². The molecule has 2 N–H and O–H groups in total. The first-order chi connectivity index (χ1) is 15.0. The Kier molecular flexibility index (Phi) is 10.6. The summed E-state index contributed by atoms with van der Waals surface area (Å²) in [6, 6.07) is 2.20. The lowest BCUT2D eigenvalue weighted by molar-refractivity contribution is 0.356. The lowest BCUT2D eigenvalue weighted by Gasteiger charge is -2.30. The van der Waals surface area contributed by atoms with Crippen LogP contribution in [0.5, 0.6) is 0 Å². The molecule has 1 saturated heterocycles. The number of aromatic nitrogens is 1. The lowest BCUT2D eigenvalue weighted by Crippen LogP contribution is -2.46. The maximum absolute atomic E-state index is 8.78. The topological polar surface area (TPSA) is 44.1 Å². The largest absolute Gasteiger partial charge is 0.354 e. The average Bonchev–Trinajstić information content (AvgIpc) is 3.20. The fraction of sp³-hybridized carbons (Fsp3) is 0.519. The molecule has 170 valence electrons. The fourth-order valence-electron chi connectivity index (χ4n) is 3.86. The fourth-order valence-corrected chi connectivity index (χ4v) is 3.86. The first kappa shape index (κ1) is 24.9. The number of nitrogens with zero attached hydrogens (tertiary/aromatic N) is 2. The van der Waals surface area contributed by atoms with Gasteiger partial charge < -0.3 is 14.8 Å². The van der Waals surface area contributed by atoms with Crippen molar-refractivity contribution in [3.05, 3.63) is 58.3 Å². The molecular formula is C27H42N4. The van der Waals surface area contributed by atoms with Crippen molar-refractivity contribution in [2.75, 3.05) is 26.2 Å². The van der Waals surface area contributed by atoms with E-state index < -0.39 is 0 Å². The van der Waals surface area contributed by atoms with Gasteiger partial charge in [0.2, 0.25) is 0 Å². The molecule has 1 atom stereocenters. The monoisotopic (exact) mass is 422 g/mol. The van der Waals surface area contributed by atoms with E-state index in [4.69, 9.17) is 5.41 Å². The molecule has 1 unspecified atom stereocenters. The number of hydrogen-bond acceptors (Lipinski definition) is 2. The second kappa shape index (κ2) is 13.2. The van der Waals surface area contributed by atoms with Gasteiger partial charge in [-0.1, -0.05) is 57.6 Å². The van der Waals surface area contributed by atoms with Crippen LogP contribution in [0.2, 0.25) is 0 Å². The van der Waals surface area contributed by atoms with Gasteiger partial charge in [-0.3, -0.25) is 5.41 Å². The molecule has 2 rings (SSSR count). The Bertz CT molecular complexity index is 908. The second-order valence-electron chi connectivity index (χ2n) is 8.31. The minimum Gasteiger partial charge on any atom is -0.354 e. The Labute approximate surface area is 189 Å². The van der Waals surface area contributed by atoms with Gasteiger partial charge in [-0.05, 0) is 55.5 Å². The van der Waals surface area contributed by atoms with E-state index in [1.54, 1.807) is 0 Å². The first-order valence-electron chi connectivity index (χ1n) is 11.9. The van der Waals surface area contributed by atoms with Crippen LogP contribution < -0.4 is 15.9 Å². The standard InChI is InChI=1S/C27H42N4/c1-6-10-11-12-13-26-23(8-3)14-17-31(26)21-25(22(5)7-2)20-24(9-4)27(28)30-18-15-29-16-19-30/h8-9,11-14,17,20,22,28-29H,6-7,10,15-16,18-19,21H2,1-5H3/b12-11-,23-8-,24-9+,25-20-,26-13+,28-27?. The molecular weight excluding hydrogens is 380 g/mol. The molecule has 4 nitrogen and oxygen atoms in total. The molecule has 1 aliphatic heterocycles. The molecule has 1 aliphatic rings. The molecule has 0 radical (unpaired) electrons. The lowest BCUT2D eigenvalue weighted by atomic mass is 9.95. The van der Waals surface area contributed by atoms with Crippen LogP contribution in [0.1, 0.15) is 53.9 Å². The molecule has 0 saturated carbocycles. The number of nitrogens with one attached hydrogen (secondary N) is 2. The van der Waals surface area contributed by atoms with Crippen molar-refractivity contribution in [2.24, 2.45) is 5.92 Å². The van der Waals surface area contributed by atoms with Gasteiger partial charge in [0.05, 0.1) is 0 Å². The van der Waals surface area contributed by atoms with Crippen molar-refractivity contribution in [1.82, 2.24) is 14.8 Å². The summed E-state index contributed by atoms with van der Waals surface area (Å²) in [6.45, 7) is 15.5. The number of unbranched alkanes of at least 4 members (excludes halogenated alkanes) is 1. The minimum atomic E-state index is 0.464. The summed E-state index contributed by atoms with van der Waals surface area (Å²) in [7, 11) is 0. The third kappa shape index (κ3) is 7.10. The Morgan fingerprint density at radius 2 is 1.97 bits per heavy atom. The van der Waals surface area contributed by atoms with Crippen molar-refractivity contribution in [2.45, 2.75) is 60.4 Å². The van der Waals surface area contributed by atoms with Crippen LogP contribution in [0.3, 0.4) is 0 Å². The van der Waals surface area contributed by atoms with Gasteiger partial charge in [0.1, 0.15) is 5.84 Å². The van der Waals surface area contributed by atoms with E-state index in [1.165, 1.54) is 22.6 Å². The Morgan fingerprint density at radius 3 is 2.58 bits per heavy atom. The zero-order chi connectivity index (χ0) is 22.6. The zero-order valence-corrected chi connectivity index (χ0v) is 20.2. The first-order valence-corrected chi connectivity index (χ1v) is 11.9. The van der Waals surface area contributed by atoms with E-state index in [0.717, 1.165) is 51.1 Å². The minimum absolute atomic E-state index is 0.464. The van der Waals surface area contributed by atoms with Crippen molar-refractivity contribution in [1.29, 1.82) is 5.41 Å². The van der Waals surface area contributed by atoms with Crippen molar-refractivity contribution >= 4 is 18.0 Å². The molecule has 1 aromatic heterocycles. The van der Waals surface area contributed by atoms with Gasteiger partial charge in [-0.15, -0.1) is 0 Å². The SMILES string of the molecule is C/C=c1/ccn(C/C(=C/C(=C\C)C(=N)N2CCNCC2)C(C)CC)/c1=C/C=C\CCC. The van der Waals surface area contributed by atoms with E-state index in [-0.39, 0.29) is 0 Å². The predicted molar refractivity (Wildman–Crippen MR) is 136 cm³/mol. The third-order valence-corrected chi connectivity index (χ3v) is 6.15. The maximum Gasteiger partial charge on any atom is 0.127 e. The van der Waals surface area contributed by atoms with Crippen LogP contribution in [-0.2, 0) is 6.54 Å². The van der Waals surface area contributed by atoms with E-state index in [0.29, 0.717) is 11.8 Å². The van der Waals surface area contributed by atoms with E-state index >= 15 is 0 Å². The molecule has 2 heterocycles. The summed E-state index contributed by atoms with van der Waals surface area (Å²) >= 11 is 0. The quantitative estimate of drug-likeness (QED) is 0.355. The number of piperazine rings is 1. The highest BCUT2D eigenvalue weighted by Gasteiger charge is 2.17. The molecule has 4 heteroatoms. The number of allylic oxidation sites excluding steroid dienone is 4. The highest BCUT2D eigenvalue weighted by molar-refractivity contribution is 5.98. The van der Waals surface area contributed by atoms with Gasteiger partial charge in [0.25, 0.3) is 0 Å². The van der Waals surface area contributed by atoms with Gasteiger partial charge in [0, 0.05) is 49.8 Å². The zero-order valence-electron chi connectivity index (χ0n) is 20.2. The second-order valence-corrected chi connectivity index (χ2v) is 8.31.